The molecule has 6 N–H and O–H groups in total. The topological polar surface area (TPSA) is 114 Å². The summed E-state index contributed by atoms with van der Waals surface area (Å²) in [7, 11) is 2.17. The van der Waals surface area contributed by atoms with Crippen molar-refractivity contribution in [3.05, 3.63) is 51.5 Å². The third-order valence-corrected chi connectivity index (χ3v) is 9.07. The number of piperidine rings is 1. The molecule has 1 atom stereocenters. The second-order valence-corrected chi connectivity index (χ2v) is 11.6. The van der Waals surface area contributed by atoms with Crippen molar-refractivity contribution in [3.63, 3.8) is 0 Å². The van der Waals surface area contributed by atoms with Crippen LogP contribution in [0.3, 0.4) is 0 Å². The van der Waals surface area contributed by atoms with Crippen molar-refractivity contribution in [3.8, 4) is 11.1 Å². The van der Waals surface area contributed by atoms with Gasteiger partial charge in [0.15, 0.2) is 5.82 Å². The number of aromatic nitrogens is 1. The maximum atomic E-state index is 16.9. The summed E-state index contributed by atoms with van der Waals surface area (Å²) in [5.74, 6) is -0.393. The van der Waals surface area contributed by atoms with E-state index in [9.17, 15) is 0 Å². The fraction of sp³-hybridized carbons (Fsp3) is 0.469. The standard InChI is InChI=1S/C32H42FN7/c1-18-15-26(36)24(16-34)29(20(18)3)28-19(2)14-23-31(38-21-9-11-37-12-10-21)25(17-35)27(39-32(23)30(28)33)8-7-22-6-5-13-40(22)4/h14-17,21-22,34-35,37H,5-13,36H2,1-4H3,(H,38,39). The van der Waals surface area contributed by atoms with Crippen LogP contribution in [0.15, 0.2) is 12.1 Å². The van der Waals surface area contributed by atoms with Crippen LogP contribution < -0.4 is 16.4 Å². The highest BCUT2D eigenvalue weighted by Crippen LogP contribution is 2.41. The predicted molar refractivity (Wildman–Crippen MR) is 165 cm³/mol. The van der Waals surface area contributed by atoms with E-state index >= 15 is 4.39 Å². The largest absolute Gasteiger partial charge is 0.398 e. The fourth-order valence-corrected chi connectivity index (χ4v) is 6.62. The van der Waals surface area contributed by atoms with Crippen LogP contribution in [0.25, 0.3) is 22.0 Å². The second-order valence-electron chi connectivity index (χ2n) is 11.6. The summed E-state index contributed by atoms with van der Waals surface area (Å²) in [6, 6.07) is 4.56. The van der Waals surface area contributed by atoms with Crippen molar-refractivity contribution in [1.82, 2.24) is 15.2 Å². The second kappa shape index (κ2) is 11.6. The summed E-state index contributed by atoms with van der Waals surface area (Å²) >= 11 is 0. The Labute approximate surface area is 236 Å². The molecule has 0 aliphatic carbocycles. The van der Waals surface area contributed by atoms with E-state index in [2.05, 4.69) is 22.6 Å². The Hall–Kier alpha value is -3.36. The Morgan fingerprint density at radius 2 is 1.80 bits per heavy atom. The number of nitrogens with zero attached hydrogens (tertiary/aromatic N) is 2. The Morgan fingerprint density at radius 1 is 1.07 bits per heavy atom. The lowest BCUT2D eigenvalue weighted by atomic mass is 9.87. The Morgan fingerprint density at radius 3 is 2.45 bits per heavy atom. The van der Waals surface area contributed by atoms with Crippen molar-refractivity contribution in [2.75, 3.05) is 37.7 Å². The minimum Gasteiger partial charge on any atom is -0.398 e. The molecule has 1 unspecified atom stereocenters. The highest BCUT2D eigenvalue weighted by Gasteiger charge is 2.27. The summed E-state index contributed by atoms with van der Waals surface area (Å²) in [5.41, 5.74) is 13.7. The molecule has 2 saturated heterocycles. The van der Waals surface area contributed by atoms with Crippen molar-refractivity contribution in [1.29, 1.82) is 10.8 Å². The molecule has 7 nitrogen and oxygen atoms in total. The molecular weight excluding hydrogens is 501 g/mol. The molecule has 0 radical (unpaired) electrons. The van der Waals surface area contributed by atoms with Gasteiger partial charge in [-0.25, -0.2) is 9.37 Å². The molecule has 212 valence electrons. The van der Waals surface area contributed by atoms with E-state index in [1.807, 2.05) is 32.9 Å². The molecule has 2 aliphatic heterocycles. The number of hydrogen-bond acceptors (Lipinski definition) is 7. The Balaban J connectivity index is 1.73. The molecule has 0 saturated carbocycles. The third-order valence-electron chi connectivity index (χ3n) is 9.07. The summed E-state index contributed by atoms with van der Waals surface area (Å²) in [4.78, 5) is 7.35. The van der Waals surface area contributed by atoms with Gasteiger partial charge in [0.25, 0.3) is 0 Å². The van der Waals surface area contributed by atoms with Gasteiger partial charge in [0.1, 0.15) is 5.52 Å². The van der Waals surface area contributed by atoms with Crippen LogP contribution in [0.5, 0.6) is 0 Å². The van der Waals surface area contributed by atoms with Crippen molar-refractivity contribution in [2.24, 2.45) is 0 Å². The monoisotopic (exact) mass is 543 g/mol. The van der Waals surface area contributed by atoms with Gasteiger partial charge in [-0.2, -0.15) is 0 Å². The van der Waals surface area contributed by atoms with Crippen LogP contribution >= 0.6 is 0 Å². The van der Waals surface area contributed by atoms with Gasteiger partial charge in [0.05, 0.1) is 11.4 Å². The molecular formula is C32H42FN7. The van der Waals surface area contributed by atoms with Crippen LogP contribution in [0.4, 0.5) is 15.8 Å². The molecule has 8 heteroatoms. The maximum absolute atomic E-state index is 16.9. The molecule has 3 heterocycles. The minimum absolute atomic E-state index is 0.241. The van der Waals surface area contributed by atoms with E-state index < -0.39 is 5.82 Å². The fourth-order valence-electron chi connectivity index (χ4n) is 6.62. The van der Waals surface area contributed by atoms with Gasteiger partial charge in [0.2, 0.25) is 0 Å². The van der Waals surface area contributed by atoms with Gasteiger partial charge in [-0.3, -0.25) is 0 Å². The third kappa shape index (κ3) is 5.10. The number of anilines is 2. The Bertz CT molecular complexity index is 1460. The number of nitrogens with two attached hydrogens (primary N) is 1. The zero-order chi connectivity index (χ0) is 28.6. The molecule has 40 heavy (non-hydrogen) atoms. The lowest BCUT2D eigenvalue weighted by molar-refractivity contribution is 0.296. The molecule has 2 aromatic carbocycles. The quantitative estimate of drug-likeness (QED) is 0.184. The lowest BCUT2D eigenvalue weighted by Gasteiger charge is -2.28. The van der Waals surface area contributed by atoms with E-state index in [0.717, 1.165) is 79.0 Å². The van der Waals surface area contributed by atoms with E-state index in [-0.39, 0.29) is 6.04 Å². The van der Waals surface area contributed by atoms with Gasteiger partial charge in [-0.1, -0.05) is 0 Å². The number of fused-ring (bicyclic) bond motifs is 1. The molecule has 0 bridgehead atoms. The first kappa shape index (κ1) is 28.2. The van der Waals surface area contributed by atoms with Crippen LogP contribution in [0.2, 0.25) is 0 Å². The molecule has 2 fully saturated rings. The van der Waals surface area contributed by atoms with Gasteiger partial charge in [-0.15, -0.1) is 0 Å². The van der Waals surface area contributed by atoms with Crippen LogP contribution in [-0.4, -0.2) is 61.1 Å². The van der Waals surface area contributed by atoms with Gasteiger partial charge in [-0.05, 0) is 120 Å². The summed E-state index contributed by atoms with van der Waals surface area (Å²) < 4.78 is 16.9. The zero-order valence-electron chi connectivity index (χ0n) is 24.2. The number of aryl methyl sites for hydroxylation is 3. The molecule has 5 rings (SSSR count). The van der Waals surface area contributed by atoms with Gasteiger partial charge < -0.3 is 32.1 Å². The minimum atomic E-state index is -0.393. The van der Waals surface area contributed by atoms with Crippen molar-refractivity contribution < 1.29 is 4.39 Å². The average Bonchev–Trinajstić information content (AvgIpc) is 3.35. The number of hydrogen-bond donors (Lipinski definition) is 5. The number of halogens is 1. The SMILES string of the molecule is Cc1cc(N)c(C=N)c(-c2c(C)cc3c(NC4CCNCC4)c(C=N)c(CCC4CCCN4C)nc3c2F)c1C. The first-order chi connectivity index (χ1) is 19.2. The number of nitrogen functional groups attached to an aromatic ring is 1. The summed E-state index contributed by atoms with van der Waals surface area (Å²) in [5, 5.41) is 24.3. The summed E-state index contributed by atoms with van der Waals surface area (Å²) in [6.07, 6.45) is 8.50. The first-order valence-corrected chi connectivity index (χ1v) is 14.5. The number of pyridine rings is 1. The highest BCUT2D eigenvalue weighted by molar-refractivity contribution is 6.05. The van der Waals surface area contributed by atoms with Gasteiger partial charge in [0, 0.05) is 52.3 Å². The summed E-state index contributed by atoms with van der Waals surface area (Å²) in [6.45, 7) is 8.79. The molecule has 0 spiro atoms. The normalized spacial score (nSPS) is 18.4. The molecule has 0 amide bonds. The van der Waals surface area contributed by atoms with E-state index in [4.69, 9.17) is 21.5 Å². The van der Waals surface area contributed by atoms with Crippen LogP contribution in [0.1, 0.15) is 65.6 Å². The maximum Gasteiger partial charge on any atom is 0.157 e. The van der Waals surface area contributed by atoms with Crippen molar-refractivity contribution in [2.45, 2.75) is 71.4 Å². The van der Waals surface area contributed by atoms with E-state index in [1.54, 1.807) is 0 Å². The first-order valence-electron chi connectivity index (χ1n) is 14.5. The predicted octanol–water partition coefficient (Wildman–Crippen LogP) is 5.73. The van der Waals surface area contributed by atoms with E-state index in [0.29, 0.717) is 45.7 Å². The van der Waals surface area contributed by atoms with Crippen LogP contribution in [-0.2, 0) is 6.42 Å². The van der Waals surface area contributed by atoms with Crippen molar-refractivity contribution >= 4 is 34.7 Å². The van der Waals surface area contributed by atoms with Crippen LogP contribution in [0, 0.1) is 37.4 Å². The number of likely N-dealkylation sites (tertiary alicyclic amines) is 1. The highest BCUT2D eigenvalue weighted by atomic mass is 19.1. The van der Waals surface area contributed by atoms with Gasteiger partial charge >= 0.3 is 0 Å². The zero-order valence-corrected chi connectivity index (χ0v) is 24.2. The Kier molecular flexibility index (Phi) is 8.19. The number of nitrogens with one attached hydrogen (secondary N) is 4. The molecule has 1 aromatic heterocycles. The average molecular weight is 544 g/mol. The number of benzene rings is 2. The lowest BCUT2D eigenvalue weighted by Crippen LogP contribution is -2.35. The smallest absolute Gasteiger partial charge is 0.157 e. The number of rotatable bonds is 8. The molecule has 2 aliphatic rings. The molecule has 3 aromatic rings. The van der Waals surface area contributed by atoms with E-state index in [1.165, 1.54) is 18.9 Å².